The van der Waals surface area contributed by atoms with E-state index < -0.39 is 48.0 Å². The molecule has 0 fully saturated rings. The minimum Gasteiger partial charge on any atom is -0.480 e. The zero-order valence-electron chi connectivity index (χ0n) is 22.2. The minimum atomic E-state index is -1.21. The molecule has 0 unspecified atom stereocenters. The van der Waals surface area contributed by atoms with Gasteiger partial charge in [-0.15, -0.1) is 0 Å². The fourth-order valence-corrected chi connectivity index (χ4v) is 3.41. The number of ether oxygens (including phenoxy) is 2. The highest BCUT2D eigenvalue weighted by Gasteiger charge is 2.28. The Morgan fingerprint density at radius 1 is 0.769 bits per heavy atom. The van der Waals surface area contributed by atoms with Crippen LogP contribution in [-0.4, -0.2) is 53.1 Å². The van der Waals surface area contributed by atoms with Crippen molar-refractivity contribution in [2.75, 3.05) is 0 Å². The fourth-order valence-electron chi connectivity index (χ4n) is 3.41. The second kappa shape index (κ2) is 15.8. The number of carboxylic acid groups (broad SMARTS) is 1. The summed E-state index contributed by atoms with van der Waals surface area (Å²) in [4.78, 5) is 61.5. The quantitative estimate of drug-likeness (QED) is 0.266. The molecule has 4 N–H and O–H groups in total. The maximum atomic E-state index is 12.8. The Hall–Kier alpha value is -4.41. The van der Waals surface area contributed by atoms with Crippen LogP contribution in [0.4, 0.5) is 4.79 Å². The van der Waals surface area contributed by atoms with Crippen LogP contribution in [-0.2, 0) is 41.9 Å². The second-order valence-corrected chi connectivity index (χ2v) is 9.25. The molecule has 0 aromatic heterocycles. The molecule has 0 saturated heterocycles. The number of nitrogens with one attached hydrogen (secondary N) is 3. The summed E-state index contributed by atoms with van der Waals surface area (Å²) in [6, 6.07) is 14.6. The van der Waals surface area contributed by atoms with Gasteiger partial charge >= 0.3 is 18.0 Å². The summed E-state index contributed by atoms with van der Waals surface area (Å²) >= 11 is 0. The maximum absolute atomic E-state index is 12.8. The number of amides is 3. The van der Waals surface area contributed by atoms with Crippen molar-refractivity contribution in [2.45, 2.75) is 65.0 Å². The Labute approximate surface area is 227 Å². The number of hydrogen-bond acceptors (Lipinski definition) is 7. The maximum Gasteiger partial charge on any atom is 0.408 e. The van der Waals surface area contributed by atoms with Crippen molar-refractivity contribution in [3.8, 4) is 0 Å². The molecule has 0 spiro atoms. The lowest BCUT2D eigenvalue weighted by Gasteiger charge is -2.23. The van der Waals surface area contributed by atoms with E-state index in [0.717, 1.165) is 11.1 Å². The van der Waals surface area contributed by atoms with Crippen molar-refractivity contribution in [1.82, 2.24) is 16.0 Å². The smallest absolute Gasteiger partial charge is 0.408 e. The predicted octanol–water partition coefficient (Wildman–Crippen LogP) is 2.54. The largest absolute Gasteiger partial charge is 0.480 e. The molecule has 11 nitrogen and oxygen atoms in total. The van der Waals surface area contributed by atoms with E-state index in [0.29, 0.717) is 0 Å². The molecule has 2 aromatic rings. The molecule has 210 valence electrons. The van der Waals surface area contributed by atoms with E-state index in [2.05, 4.69) is 16.0 Å². The van der Waals surface area contributed by atoms with Gasteiger partial charge in [-0.2, -0.15) is 0 Å². The van der Waals surface area contributed by atoms with Crippen LogP contribution in [0.2, 0.25) is 0 Å². The summed E-state index contributed by atoms with van der Waals surface area (Å²) in [5.41, 5.74) is 1.50. The Bertz CT molecular complexity index is 1110. The molecule has 0 heterocycles. The summed E-state index contributed by atoms with van der Waals surface area (Å²) < 4.78 is 10.6. The second-order valence-electron chi connectivity index (χ2n) is 9.25. The monoisotopic (exact) mass is 541 g/mol. The number of esters is 1. The number of carboxylic acids is 1. The first kappa shape index (κ1) is 30.8. The average molecular weight is 542 g/mol. The van der Waals surface area contributed by atoms with E-state index >= 15 is 0 Å². The van der Waals surface area contributed by atoms with Gasteiger partial charge in [0.25, 0.3) is 0 Å². The summed E-state index contributed by atoms with van der Waals surface area (Å²) in [7, 11) is 0. The van der Waals surface area contributed by atoms with Crippen LogP contribution >= 0.6 is 0 Å². The van der Waals surface area contributed by atoms with Crippen LogP contribution in [0.25, 0.3) is 0 Å². The Morgan fingerprint density at radius 2 is 1.31 bits per heavy atom. The highest BCUT2D eigenvalue weighted by atomic mass is 16.6. The average Bonchev–Trinajstić information content (AvgIpc) is 2.92. The lowest BCUT2D eigenvalue weighted by Crippen LogP contribution is -2.53. The van der Waals surface area contributed by atoms with Crippen LogP contribution in [0, 0.1) is 5.92 Å². The van der Waals surface area contributed by atoms with E-state index in [4.69, 9.17) is 14.6 Å². The van der Waals surface area contributed by atoms with Gasteiger partial charge in [0.15, 0.2) is 0 Å². The van der Waals surface area contributed by atoms with Crippen LogP contribution in [0.1, 0.15) is 44.7 Å². The number of aliphatic carboxylic acids is 1. The minimum absolute atomic E-state index is 0.0150. The SMILES string of the molecule is CC(C)[C@H](NC(=O)CC[C@H](NC(=O)OCc1ccccc1)C(=O)OCc1ccccc1)C(=O)N[C@@H](C)C(=O)O. The van der Waals surface area contributed by atoms with Crippen LogP contribution in [0.15, 0.2) is 60.7 Å². The van der Waals surface area contributed by atoms with E-state index in [1.54, 1.807) is 62.4 Å². The van der Waals surface area contributed by atoms with Gasteiger partial charge < -0.3 is 30.5 Å². The van der Waals surface area contributed by atoms with Crippen molar-refractivity contribution >= 4 is 29.8 Å². The number of rotatable bonds is 14. The van der Waals surface area contributed by atoms with Crippen LogP contribution in [0.5, 0.6) is 0 Å². The van der Waals surface area contributed by atoms with Gasteiger partial charge in [-0.25, -0.2) is 9.59 Å². The first-order chi connectivity index (χ1) is 18.6. The van der Waals surface area contributed by atoms with Crippen molar-refractivity contribution in [1.29, 1.82) is 0 Å². The molecule has 0 aliphatic rings. The number of carbonyl (C=O) groups excluding carboxylic acids is 4. The van der Waals surface area contributed by atoms with E-state index in [-0.39, 0.29) is 32.0 Å². The Balaban J connectivity index is 2.00. The zero-order chi connectivity index (χ0) is 28.8. The van der Waals surface area contributed by atoms with Gasteiger partial charge in [-0.05, 0) is 30.4 Å². The molecular weight excluding hydrogens is 506 g/mol. The van der Waals surface area contributed by atoms with Crippen LogP contribution < -0.4 is 16.0 Å². The molecule has 3 amide bonds. The number of benzene rings is 2. The van der Waals surface area contributed by atoms with Crippen LogP contribution in [0.3, 0.4) is 0 Å². The molecule has 0 aliphatic heterocycles. The van der Waals surface area contributed by atoms with Crippen molar-refractivity contribution in [3.05, 3.63) is 71.8 Å². The van der Waals surface area contributed by atoms with Gasteiger partial charge in [0.1, 0.15) is 31.3 Å². The predicted molar refractivity (Wildman–Crippen MR) is 141 cm³/mol. The summed E-state index contributed by atoms with van der Waals surface area (Å²) in [5, 5.41) is 16.4. The molecule has 11 heteroatoms. The molecule has 0 aliphatic carbocycles. The fraction of sp³-hybridized carbons (Fsp3) is 0.393. The zero-order valence-corrected chi connectivity index (χ0v) is 22.2. The molecule has 0 saturated carbocycles. The lowest BCUT2D eigenvalue weighted by molar-refractivity contribution is -0.147. The number of hydrogen-bond donors (Lipinski definition) is 4. The van der Waals surface area contributed by atoms with Gasteiger partial charge in [0.2, 0.25) is 11.8 Å². The van der Waals surface area contributed by atoms with E-state index in [9.17, 15) is 24.0 Å². The topological polar surface area (TPSA) is 160 Å². The Kier molecular flexibility index (Phi) is 12.4. The first-order valence-corrected chi connectivity index (χ1v) is 12.6. The molecule has 3 atom stereocenters. The molecule has 39 heavy (non-hydrogen) atoms. The van der Waals surface area contributed by atoms with E-state index in [1.807, 2.05) is 12.1 Å². The molecule has 2 aromatic carbocycles. The summed E-state index contributed by atoms with van der Waals surface area (Å²) in [5.74, 6) is -3.51. The summed E-state index contributed by atoms with van der Waals surface area (Å²) in [6.45, 7) is 4.67. The standard InChI is InChI=1S/C28H35N3O8/c1-18(2)24(25(33)29-19(3)26(34)35)31-23(32)15-14-22(27(36)38-16-20-10-6-4-7-11-20)30-28(37)39-17-21-12-8-5-9-13-21/h4-13,18-19,22,24H,14-17H2,1-3H3,(H,29,33)(H,30,37)(H,31,32)(H,34,35)/t19-,22-,24-/m0/s1. The third-order valence-electron chi connectivity index (χ3n) is 5.67. The van der Waals surface area contributed by atoms with Gasteiger partial charge in [-0.3, -0.25) is 14.4 Å². The molecule has 0 radical (unpaired) electrons. The van der Waals surface area contributed by atoms with E-state index in [1.165, 1.54) is 6.92 Å². The van der Waals surface area contributed by atoms with Gasteiger partial charge in [0, 0.05) is 6.42 Å². The lowest BCUT2D eigenvalue weighted by atomic mass is 10.0. The summed E-state index contributed by atoms with van der Waals surface area (Å²) in [6.07, 6.45) is -1.21. The highest BCUT2D eigenvalue weighted by molar-refractivity contribution is 5.90. The number of carbonyl (C=O) groups is 5. The third kappa shape index (κ3) is 11.2. The molecule has 2 rings (SSSR count). The third-order valence-corrected chi connectivity index (χ3v) is 5.67. The van der Waals surface area contributed by atoms with Gasteiger partial charge in [-0.1, -0.05) is 74.5 Å². The normalized spacial score (nSPS) is 12.9. The van der Waals surface area contributed by atoms with Crippen molar-refractivity contribution < 1.29 is 38.6 Å². The molecule has 0 bridgehead atoms. The number of alkyl carbamates (subject to hydrolysis) is 1. The van der Waals surface area contributed by atoms with Crippen molar-refractivity contribution in [2.24, 2.45) is 5.92 Å². The van der Waals surface area contributed by atoms with Crippen molar-refractivity contribution in [3.63, 3.8) is 0 Å². The van der Waals surface area contributed by atoms with Gasteiger partial charge in [0.05, 0.1) is 0 Å². The Morgan fingerprint density at radius 3 is 1.82 bits per heavy atom. The molecular formula is C28H35N3O8. The first-order valence-electron chi connectivity index (χ1n) is 12.6. The highest BCUT2D eigenvalue weighted by Crippen LogP contribution is 2.09.